The lowest BCUT2D eigenvalue weighted by Crippen LogP contribution is -2.47. The molecule has 4 rings (SSSR count). The summed E-state index contributed by atoms with van der Waals surface area (Å²) in [7, 11) is 6.69. The van der Waals surface area contributed by atoms with Gasteiger partial charge in [0.25, 0.3) is 0 Å². The van der Waals surface area contributed by atoms with E-state index in [4.69, 9.17) is 17.1 Å². The van der Waals surface area contributed by atoms with Crippen molar-refractivity contribution in [3.63, 3.8) is 0 Å². The number of aliphatic hydroxyl groups excluding tert-OH is 1. The van der Waals surface area contributed by atoms with E-state index in [1.807, 2.05) is 0 Å². The van der Waals surface area contributed by atoms with Crippen LogP contribution in [-0.4, -0.2) is 66.7 Å². The van der Waals surface area contributed by atoms with E-state index in [9.17, 15) is 23.1 Å². The number of hydrogen-bond acceptors (Lipinski definition) is 7. The highest BCUT2D eigenvalue weighted by molar-refractivity contribution is 6.97. The predicted molar refractivity (Wildman–Crippen MR) is 117 cm³/mol. The number of aromatic nitrogens is 1. The molecule has 0 aliphatic carbocycles. The Balaban J connectivity index is 1.69. The van der Waals surface area contributed by atoms with Crippen LogP contribution in [0.5, 0.6) is 0 Å². The van der Waals surface area contributed by atoms with Gasteiger partial charge >= 0.3 is 11.9 Å². The first-order valence-corrected chi connectivity index (χ1v) is 10.7. The molecule has 2 N–H and O–H groups in total. The zero-order valence-corrected chi connectivity index (χ0v) is 18.5. The number of aliphatic hydroxyl groups is 1. The number of likely N-dealkylation sites (tertiary alicyclic amines) is 1. The van der Waals surface area contributed by atoms with Gasteiger partial charge in [-0.3, -0.25) is 4.79 Å². The molecule has 0 saturated carbocycles. The van der Waals surface area contributed by atoms with Crippen molar-refractivity contribution < 1.29 is 32.4 Å². The predicted octanol–water partition coefficient (Wildman–Crippen LogP) is 1.14. The van der Waals surface area contributed by atoms with Crippen LogP contribution in [0.1, 0.15) is 37.5 Å². The SMILES string of the molecule is [B][B]c1cc(C(C(=O)N2C[C@H](O)C[C@H]2C2=NC(c3ccccc3)(C(F)(F)F)ON2)C(C)C)on1. The number of nitrogens with zero attached hydrogens (tertiary/aromatic N) is 3. The number of rotatable bonds is 6. The lowest BCUT2D eigenvalue weighted by molar-refractivity contribution is -0.285. The van der Waals surface area contributed by atoms with E-state index >= 15 is 0 Å². The fraction of sp³-hybridized carbons (Fsp3) is 0.476. The molecule has 1 aromatic heterocycles. The molecular weight excluding hydrogens is 451 g/mol. The minimum atomic E-state index is -4.88. The smallest absolute Gasteiger partial charge is 0.391 e. The van der Waals surface area contributed by atoms with Gasteiger partial charge in [-0.15, -0.1) is 0 Å². The van der Waals surface area contributed by atoms with Crippen molar-refractivity contribution >= 4 is 32.2 Å². The summed E-state index contributed by atoms with van der Waals surface area (Å²) in [6.07, 6.45) is -5.84. The number of carbonyl (C=O) groups is 1. The summed E-state index contributed by atoms with van der Waals surface area (Å²) in [5.41, 5.74) is -0.551. The van der Waals surface area contributed by atoms with Crippen LogP contribution < -0.4 is 11.1 Å². The van der Waals surface area contributed by atoms with Gasteiger partial charge in [0.15, 0.2) is 0 Å². The van der Waals surface area contributed by atoms with Crippen molar-refractivity contribution in [3.8, 4) is 0 Å². The van der Waals surface area contributed by atoms with Gasteiger partial charge in [0.1, 0.15) is 24.7 Å². The molecule has 1 amide bonds. The molecule has 1 fully saturated rings. The van der Waals surface area contributed by atoms with Gasteiger partial charge in [0.05, 0.1) is 12.1 Å². The molecule has 177 valence electrons. The van der Waals surface area contributed by atoms with Gasteiger partial charge in [-0.2, -0.15) is 13.2 Å². The molecule has 4 atom stereocenters. The number of amides is 1. The fourth-order valence-electron chi connectivity index (χ4n) is 4.32. The quantitative estimate of drug-likeness (QED) is 0.611. The first-order valence-electron chi connectivity index (χ1n) is 10.7. The van der Waals surface area contributed by atoms with Crippen LogP contribution >= 0.6 is 0 Å². The number of β-amino-alcohol motifs (C(OH)–C–C–N with tert-alkyl or cyclic N) is 1. The van der Waals surface area contributed by atoms with Crippen molar-refractivity contribution in [2.75, 3.05) is 6.54 Å². The Kier molecular flexibility index (Phi) is 6.52. The summed E-state index contributed by atoms with van der Waals surface area (Å²) >= 11 is 0. The van der Waals surface area contributed by atoms with Gasteiger partial charge in [-0.1, -0.05) is 49.3 Å². The first kappa shape index (κ1) is 24.3. The summed E-state index contributed by atoms with van der Waals surface area (Å²) < 4.78 is 47.7. The maximum absolute atomic E-state index is 14.2. The Bertz CT molecular complexity index is 1070. The van der Waals surface area contributed by atoms with Crippen molar-refractivity contribution in [2.24, 2.45) is 10.9 Å². The van der Waals surface area contributed by atoms with E-state index < -0.39 is 35.9 Å². The molecule has 0 spiro atoms. The molecule has 2 aliphatic heterocycles. The molecule has 3 heterocycles. The number of benzene rings is 1. The van der Waals surface area contributed by atoms with E-state index in [0.29, 0.717) is 5.59 Å². The molecule has 2 unspecified atom stereocenters. The first-order chi connectivity index (χ1) is 16.1. The van der Waals surface area contributed by atoms with E-state index in [-0.39, 0.29) is 36.0 Å². The number of aliphatic imine (C=N–C) groups is 1. The summed E-state index contributed by atoms with van der Waals surface area (Å²) in [6, 6.07) is 7.58. The minimum Gasteiger partial charge on any atom is -0.391 e. The molecule has 8 nitrogen and oxygen atoms in total. The van der Waals surface area contributed by atoms with Crippen LogP contribution in [0, 0.1) is 5.92 Å². The van der Waals surface area contributed by atoms with Crippen LogP contribution in [0.25, 0.3) is 0 Å². The van der Waals surface area contributed by atoms with Crippen LogP contribution in [0.3, 0.4) is 0 Å². The number of halogens is 3. The average molecular weight is 473 g/mol. The molecule has 1 saturated heterocycles. The summed E-state index contributed by atoms with van der Waals surface area (Å²) in [5, 5.41) is 14.1. The summed E-state index contributed by atoms with van der Waals surface area (Å²) in [6.45, 7) is 3.52. The third kappa shape index (κ3) is 4.22. The van der Waals surface area contributed by atoms with Gasteiger partial charge in [-0.25, -0.2) is 15.3 Å². The van der Waals surface area contributed by atoms with Gasteiger partial charge in [0.2, 0.25) is 5.91 Å². The maximum Gasteiger partial charge on any atom is 0.445 e. The van der Waals surface area contributed by atoms with Crippen molar-refractivity contribution in [1.29, 1.82) is 0 Å². The average Bonchev–Trinajstić information content (AvgIpc) is 3.52. The number of nitrogens with one attached hydrogen (secondary N) is 1. The maximum atomic E-state index is 14.2. The Labute approximate surface area is 196 Å². The topological polar surface area (TPSA) is 100 Å². The van der Waals surface area contributed by atoms with E-state index in [1.54, 1.807) is 19.9 Å². The molecule has 1 aromatic carbocycles. The van der Waals surface area contributed by atoms with Gasteiger partial charge in [0, 0.05) is 31.9 Å². The zero-order valence-electron chi connectivity index (χ0n) is 18.5. The molecule has 0 bridgehead atoms. The monoisotopic (exact) mass is 473 g/mol. The highest BCUT2D eigenvalue weighted by Gasteiger charge is 2.62. The zero-order chi connectivity index (χ0) is 24.7. The second-order valence-electron chi connectivity index (χ2n) is 8.65. The lowest BCUT2D eigenvalue weighted by Gasteiger charge is -2.29. The molecule has 3 radical (unpaired) electrons. The molecule has 2 aromatic rings. The Morgan fingerprint density at radius 3 is 2.65 bits per heavy atom. The summed E-state index contributed by atoms with van der Waals surface area (Å²) in [4.78, 5) is 23.8. The van der Waals surface area contributed by atoms with Crippen LogP contribution in [-0.2, 0) is 15.4 Å². The third-order valence-corrected chi connectivity index (χ3v) is 5.96. The van der Waals surface area contributed by atoms with E-state index in [2.05, 4.69) is 15.6 Å². The number of hydroxylamine groups is 1. The highest BCUT2D eigenvalue weighted by atomic mass is 19.4. The Hall–Kier alpha value is -2.79. The molecule has 13 heteroatoms. The van der Waals surface area contributed by atoms with Gasteiger partial charge < -0.3 is 14.5 Å². The summed E-state index contributed by atoms with van der Waals surface area (Å²) in [5.74, 6) is -1.40. The van der Waals surface area contributed by atoms with Crippen molar-refractivity contribution in [3.05, 3.63) is 47.7 Å². The number of amidine groups is 1. The number of alkyl halides is 3. The van der Waals surface area contributed by atoms with E-state index in [0.717, 1.165) is 0 Å². The second-order valence-corrected chi connectivity index (χ2v) is 8.65. The lowest BCUT2D eigenvalue weighted by atomic mass is 9.53. The van der Waals surface area contributed by atoms with E-state index in [1.165, 1.54) is 42.4 Å². The fourth-order valence-corrected chi connectivity index (χ4v) is 4.32. The van der Waals surface area contributed by atoms with Gasteiger partial charge in [-0.05, 0) is 12.0 Å². The molecule has 2 aliphatic rings. The third-order valence-electron chi connectivity index (χ3n) is 5.96. The number of carbonyl (C=O) groups excluding carboxylic acids is 1. The Morgan fingerprint density at radius 2 is 2.06 bits per heavy atom. The number of hydrogen-bond donors (Lipinski definition) is 2. The normalized spacial score (nSPS) is 25.9. The van der Waals surface area contributed by atoms with Crippen LogP contribution in [0.4, 0.5) is 13.2 Å². The molecule has 34 heavy (non-hydrogen) atoms. The van der Waals surface area contributed by atoms with Crippen molar-refractivity contribution in [1.82, 2.24) is 15.5 Å². The molecular formula is C21H22B2F3N4O4. The minimum absolute atomic E-state index is 0.00723. The largest absolute Gasteiger partial charge is 0.445 e. The van der Waals surface area contributed by atoms with Crippen LogP contribution in [0.2, 0.25) is 0 Å². The highest BCUT2D eigenvalue weighted by Crippen LogP contribution is 2.45. The van der Waals surface area contributed by atoms with Crippen molar-refractivity contribution in [2.45, 2.75) is 50.2 Å². The second kappa shape index (κ2) is 9.10. The standard InChI is InChI=1S/C21H22B2F3N4O4/c1-11(2)17(15-9-16(23-22)28-33-15)19(32)30-10-13(31)8-14(30)18-27-20(34-29-18,21(24,25)26)12-6-4-3-5-7-12/h3-7,9,11,13-14,17,31H,8,10H2,1-2H3,(H,27,29)/t13-,14+,17?,20?/m1/s1. The van der Waals surface area contributed by atoms with Crippen LogP contribution in [0.15, 0.2) is 45.9 Å². The Morgan fingerprint density at radius 1 is 1.35 bits per heavy atom.